The molecule has 0 radical (unpaired) electrons. The van der Waals surface area contributed by atoms with E-state index in [1.165, 1.54) is 9.75 Å². The van der Waals surface area contributed by atoms with Crippen molar-refractivity contribution in [2.24, 2.45) is 0 Å². The van der Waals surface area contributed by atoms with Crippen LogP contribution < -0.4 is 5.32 Å². The first-order valence-electron chi connectivity index (χ1n) is 5.92. The van der Waals surface area contributed by atoms with E-state index in [0.717, 1.165) is 10.9 Å². The molecule has 0 saturated carbocycles. The van der Waals surface area contributed by atoms with Crippen LogP contribution in [-0.2, 0) is 10.8 Å². The Morgan fingerprint density at radius 1 is 1.37 bits per heavy atom. The molecule has 6 heteroatoms. The van der Waals surface area contributed by atoms with Crippen LogP contribution in [0.15, 0.2) is 29.6 Å². The van der Waals surface area contributed by atoms with E-state index in [4.69, 9.17) is 11.6 Å². The second kappa shape index (κ2) is 6.99. The van der Waals surface area contributed by atoms with Gasteiger partial charge in [0.1, 0.15) is 0 Å². The van der Waals surface area contributed by atoms with Crippen LogP contribution >= 0.6 is 34.3 Å². The summed E-state index contributed by atoms with van der Waals surface area (Å²) in [6, 6.07) is 8.28. The number of halogens is 1. The number of rotatable bonds is 6. The van der Waals surface area contributed by atoms with Gasteiger partial charge in [0.2, 0.25) is 0 Å². The van der Waals surface area contributed by atoms with Crippen molar-refractivity contribution in [3.8, 4) is 0 Å². The fourth-order valence-corrected chi connectivity index (χ4v) is 4.06. The Morgan fingerprint density at radius 2 is 2.16 bits per heavy atom. The largest absolute Gasteiger partial charge is 0.304 e. The molecular formula is C13H16ClNOS3. The lowest BCUT2D eigenvalue weighted by Gasteiger charge is -2.18. The molecule has 0 saturated heterocycles. The van der Waals surface area contributed by atoms with Crippen molar-refractivity contribution in [1.82, 2.24) is 5.32 Å². The summed E-state index contributed by atoms with van der Waals surface area (Å²) in [4.78, 5) is 2.45. The molecule has 0 aliphatic carbocycles. The Bertz CT molecular complexity index is 538. The maximum Gasteiger partial charge on any atom is 0.0931 e. The Morgan fingerprint density at radius 3 is 2.68 bits per heavy atom. The molecule has 0 aromatic carbocycles. The summed E-state index contributed by atoms with van der Waals surface area (Å²) in [5, 5.41) is 5.71. The SMILES string of the molecule is CC(CNC(c1cccs1)c1ccc(Cl)s1)S(C)=O. The minimum atomic E-state index is -0.806. The topological polar surface area (TPSA) is 29.1 Å². The van der Waals surface area contributed by atoms with Crippen molar-refractivity contribution < 1.29 is 4.21 Å². The van der Waals surface area contributed by atoms with Gasteiger partial charge < -0.3 is 5.32 Å². The Balaban J connectivity index is 2.14. The van der Waals surface area contributed by atoms with Crippen LogP contribution in [0.2, 0.25) is 4.34 Å². The molecule has 2 nitrogen and oxygen atoms in total. The second-order valence-electron chi connectivity index (χ2n) is 4.31. The third-order valence-electron chi connectivity index (χ3n) is 2.88. The summed E-state index contributed by atoms with van der Waals surface area (Å²) in [7, 11) is -0.806. The quantitative estimate of drug-likeness (QED) is 0.868. The first-order chi connectivity index (χ1) is 9.08. The highest BCUT2D eigenvalue weighted by molar-refractivity contribution is 7.84. The highest BCUT2D eigenvalue weighted by Crippen LogP contribution is 2.33. The molecule has 1 N–H and O–H groups in total. The highest BCUT2D eigenvalue weighted by Gasteiger charge is 2.18. The predicted octanol–water partition coefficient (Wildman–Crippen LogP) is 3.91. The lowest BCUT2D eigenvalue weighted by atomic mass is 10.2. The Labute approximate surface area is 129 Å². The number of hydrogen-bond donors (Lipinski definition) is 1. The zero-order chi connectivity index (χ0) is 13.8. The summed E-state index contributed by atoms with van der Waals surface area (Å²) < 4.78 is 12.2. The third-order valence-corrected chi connectivity index (χ3v) is 6.42. The van der Waals surface area contributed by atoms with Crippen molar-refractivity contribution in [3.63, 3.8) is 0 Å². The van der Waals surface area contributed by atoms with E-state index in [9.17, 15) is 4.21 Å². The molecule has 3 unspecified atom stereocenters. The van der Waals surface area contributed by atoms with E-state index < -0.39 is 10.8 Å². The number of nitrogens with one attached hydrogen (secondary N) is 1. The molecule has 104 valence electrons. The highest BCUT2D eigenvalue weighted by atomic mass is 35.5. The lowest BCUT2D eigenvalue weighted by molar-refractivity contribution is 0.606. The number of thiophene rings is 2. The molecule has 2 rings (SSSR count). The molecule has 0 bridgehead atoms. The lowest BCUT2D eigenvalue weighted by Crippen LogP contribution is -2.30. The van der Waals surface area contributed by atoms with Gasteiger partial charge in [0.15, 0.2) is 0 Å². The van der Waals surface area contributed by atoms with Crippen LogP contribution in [0.1, 0.15) is 22.7 Å². The van der Waals surface area contributed by atoms with E-state index in [1.54, 1.807) is 28.9 Å². The predicted molar refractivity (Wildman–Crippen MR) is 87.0 cm³/mol. The molecule has 0 spiro atoms. The van der Waals surface area contributed by atoms with E-state index in [2.05, 4.69) is 22.8 Å². The van der Waals surface area contributed by atoms with Crippen molar-refractivity contribution in [1.29, 1.82) is 0 Å². The maximum atomic E-state index is 11.4. The first kappa shape index (κ1) is 15.2. The summed E-state index contributed by atoms with van der Waals surface area (Å²) >= 11 is 9.33. The molecule has 2 aromatic heterocycles. The van der Waals surface area contributed by atoms with Crippen LogP contribution in [0.3, 0.4) is 0 Å². The van der Waals surface area contributed by atoms with Gasteiger partial charge in [-0.2, -0.15) is 0 Å². The molecular weight excluding hydrogens is 318 g/mol. The van der Waals surface area contributed by atoms with Gasteiger partial charge in [-0.1, -0.05) is 17.7 Å². The van der Waals surface area contributed by atoms with Gasteiger partial charge in [0.25, 0.3) is 0 Å². The maximum absolute atomic E-state index is 11.4. The van der Waals surface area contributed by atoms with Gasteiger partial charge in [0, 0.05) is 38.6 Å². The molecule has 19 heavy (non-hydrogen) atoms. The molecule has 3 atom stereocenters. The first-order valence-corrected chi connectivity index (χ1v) is 9.61. The average Bonchev–Trinajstić information content (AvgIpc) is 3.01. The van der Waals surface area contributed by atoms with Crippen molar-refractivity contribution in [2.75, 3.05) is 12.8 Å². The van der Waals surface area contributed by atoms with E-state index in [-0.39, 0.29) is 11.3 Å². The molecule has 0 aliphatic rings. The molecule has 0 amide bonds. The second-order valence-corrected chi connectivity index (χ2v) is 8.84. The van der Waals surface area contributed by atoms with Crippen molar-refractivity contribution in [2.45, 2.75) is 18.2 Å². The third kappa shape index (κ3) is 4.13. The molecule has 2 heterocycles. The normalized spacial score (nSPS) is 16.2. The van der Waals surface area contributed by atoms with E-state index >= 15 is 0 Å². The van der Waals surface area contributed by atoms with Gasteiger partial charge in [-0.3, -0.25) is 4.21 Å². The Hall–Kier alpha value is -0.200. The fourth-order valence-electron chi connectivity index (χ4n) is 1.68. The summed E-state index contributed by atoms with van der Waals surface area (Å²) in [5.41, 5.74) is 0. The standard InChI is InChI=1S/C13H16ClNOS3/c1-9(19(2)16)8-15-13(10-4-3-7-17-10)11-5-6-12(14)18-11/h3-7,9,13,15H,8H2,1-2H3. The monoisotopic (exact) mass is 333 g/mol. The van der Waals surface area contributed by atoms with Crippen LogP contribution in [0.25, 0.3) is 0 Å². The van der Waals surface area contributed by atoms with Gasteiger partial charge >= 0.3 is 0 Å². The average molecular weight is 334 g/mol. The van der Waals surface area contributed by atoms with Crippen LogP contribution in [0.4, 0.5) is 0 Å². The van der Waals surface area contributed by atoms with Gasteiger partial charge in [-0.05, 0) is 30.5 Å². The minimum Gasteiger partial charge on any atom is -0.304 e. The van der Waals surface area contributed by atoms with E-state index in [0.29, 0.717) is 0 Å². The smallest absolute Gasteiger partial charge is 0.0931 e. The summed E-state index contributed by atoms with van der Waals surface area (Å²) in [5.74, 6) is 0. The van der Waals surface area contributed by atoms with Crippen LogP contribution in [0, 0.1) is 0 Å². The van der Waals surface area contributed by atoms with Crippen LogP contribution in [-0.4, -0.2) is 22.3 Å². The van der Waals surface area contributed by atoms with Gasteiger partial charge in [0.05, 0.1) is 10.4 Å². The zero-order valence-corrected chi connectivity index (χ0v) is 14.0. The van der Waals surface area contributed by atoms with Crippen molar-refractivity contribution in [3.05, 3.63) is 43.7 Å². The molecule has 0 aliphatic heterocycles. The van der Waals surface area contributed by atoms with E-state index in [1.807, 2.05) is 19.1 Å². The molecule has 0 fully saturated rings. The zero-order valence-electron chi connectivity index (χ0n) is 10.8. The van der Waals surface area contributed by atoms with Gasteiger partial charge in [-0.15, -0.1) is 22.7 Å². The fraction of sp³-hybridized carbons (Fsp3) is 0.385. The summed E-state index contributed by atoms with van der Waals surface area (Å²) in [6.07, 6.45) is 1.74. The minimum absolute atomic E-state index is 0.137. The Kier molecular flexibility index (Phi) is 5.59. The molecule has 2 aromatic rings. The summed E-state index contributed by atoms with van der Waals surface area (Å²) in [6.45, 7) is 2.72. The number of hydrogen-bond acceptors (Lipinski definition) is 4. The van der Waals surface area contributed by atoms with Gasteiger partial charge in [-0.25, -0.2) is 0 Å². The van der Waals surface area contributed by atoms with Crippen molar-refractivity contribution >= 4 is 45.1 Å². The van der Waals surface area contributed by atoms with Crippen LogP contribution in [0.5, 0.6) is 0 Å².